The molecule has 1 aliphatic rings. The van der Waals surface area contributed by atoms with Gasteiger partial charge in [-0.15, -0.1) is 5.06 Å². The maximum Gasteiger partial charge on any atom is 0.440 e. The first kappa shape index (κ1) is 19.5. The molecule has 2 heterocycles. The molecule has 1 amide bonds. The highest BCUT2D eigenvalue weighted by Gasteiger charge is 2.27. The number of amides is 1. The zero-order chi connectivity index (χ0) is 19.7. The Labute approximate surface area is 167 Å². The van der Waals surface area contributed by atoms with Gasteiger partial charge in [-0.1, -0.05) is 13.8 Å². The lowest BCUT2D eigenvalue weighted by atomic mass is 9.95. The second-order valence-corrected chi connectivity index (χ2v) is 8.03. The minimum absolute atomic E-state index is 0.148. The Bertz CT molecular complexity index is 856. The minimum Gasteiger partial charge on any atom is -0.485 e. The number of rotatable bonds is 5. The van der Waals surface area contributed by atoms with Crippen LogP contribution in [-0.2, 0) is 0 Å². The molecule has 27 heavy (non-hydrogen) atoms. The van der Waals surface area contributed by atoms with Crippen molar-refractivity contribution < 1.29 is 19.5 Å². The van der Waals surface area contributed by atoms with Crippen molar-refractivity contribution in [2.24, 2.45) is 5.92 Å². The molecule has 1 aromatic carbocycles. The predicted molar refractivity (Wildman–Crippen MR) is 106 cm³/mol. The van der Waals surface area contributed by atoms with E-state index in [4.69, 9.17) is 9.57 Å². The summed E-state index contributed by atoms with van der Waals surface area (Å²) < 4.78 is 6.67. The lowest BCUT2D eigenvalue weighted by molar-refractivity contribution is -0.0689. The fourth-order valence-electron chi connectivity index (χ4n) is 3.34. The summed E-state index contributed by atoms with van der Waals surface area (Å²) in [6, 6.07) is 5.30. The van der Waals surface area contributed by atoms with Gasteiger partial charge in [0.2, 0.25) is 0 Å². The van der Waals surface area contributed by atoms with Crippen molar-refractivity contribution in [2.75, 3.05) is 0 Å². The van der Waals surface area contributed by atoms with Crippen LogP contribution in [0.3, 0.4) is 0 Å². The molecule has 0 spiro atoms. The first-order chi connectivity index (χ1) is 12.8. The molecule has 3 rings (SSSR count). The summed E-state index contributed by atoms with van der Waals surface area (Å²) in [6.45, 7) is 7.89. The summed E-state index contributed by atoms with van der Waals surface area (Å²) in [5, 5.41) is 10.6. The van der Waals surface area contributed by atoms with E-state index in [-0.39, 0.29) is 12.1 Å². The zero-order valence-electron chi connectivity index (χ0n) is 15.8. The van der Waals surface area contributed by atoms with Gasteiger partial charge in [0, 0.05) is 29.6 Å². The van der Waals surface area contributed by atoms with Crippen molar-refractivity contribution in [1.29, 1.82) is 0 Å². The lowest BCUT2D eigenvalue weighted by Gasteiger charge is -2.29. The van der Waals surface area contributed by atoms with Crippen LogP contribution in [0.4, 0.5) is 4.79 Å². The van der Waals surface area contributed by atoms with Gasteiger partial charge in [0.05, 0.1) is 10.5 Å². The number of hydrogen-bond donors (Lipinski definition) is 1. The monoisotopic (exact) mass is 434 g/mol. The molecule has 0 radical (unpaired) electrons. The molecule has 7 heteroatoms. The Kier molecular flexibility index (Phi) is 5.60. The Balaban J connectivity index is 1.95. The van der Waals surface area contributed by atoms with Gasteiger partial charge in [0.1, 0.15) is 11.9 Å². The molecule has 1 N–H and O–H groups in total. The number of hydroxylamine groups is 2. The SMILES string of the molecule is CC(C)C[C@H](C)N(Oc1cc2c(cc1Br)-c1ccncc1C(C)O2)C(=O)O. The third kappa shape index (κ3) is 4.03. The zero-order valence-corrected chi connectivity index (χ0v) is 17.4. The number of ether oxygens (including phenoxy) is 1. The highest BCUT2D eigenvalue weighted by atomic mass is 79.9. The van der Waals surface area contributed by atoms with E-state index in [1.807, 2.05) is 39.8 Å². The molecule has 0 aliphatic carbocycles. The van der Waals surface area contributed by atoms with E-state index in [2.05, 4.69) is 20.9 Å². The molecule has 2 atom stereocenters. The number of nitrogens with zero attached hydrogens (tertiary/aromatic N) is 2. The van der Waals surface area contributed by atoms with Gasteiger partial charge in [-0.25, -0.2) is 4.79 Å². The molecular formula is C20H23BrN2O4. The number of halogens is 1. The van der Waals surface area contributed by atoms with Crippen molar-refractivity contribution in [2.45, 2.75) is 46.3 Å². The topological polar surface area (TPSA) is 71.9 Å². The molecule has 144 valence electrons. The fraction of sp³-hybridized carbons (Fsp3) is 0.400. The van der Waals surface area contributed by atoms with Gasteiger partial charge in [0.15, 0.2) is 5.75 Å². The van der Waals surface area contributed by atoms with E-state index in [0.717, 1.165) is 21.8 Å². The number of benzene rings is 1. The number of pyridine rings is 1. The van der Waals surface area contributed by atoms with E-state index >= 15 is 0 Å². The Morgan fingerprint density at radius 3 is 2.78 bits per heavy atom. The summed E-state index contributed by atoms with van der Waals surface area (Å²) in [6.07, 6.45) is 2.98. The predicted octanol–water partition coefficient (Wildman–Crippen LogP) is 5.67. The largest absolute Gasteiger partial charge is 0.485 e. The number of fused-ring (bicyclic) bond motifs is 3. The smallest absolute Gasteiger partial charge is 0.440 e. The van der Waals surface area contributed by atoms with E-state index in [9.17, 15) is 9.90 Å². The van der Waals surface area contributed by atoms with E-state index in [0.29, 0.717) is 28.3 Å². The van der Waals surface area contributed by atoms with Gasteiger partial charge in [-0.05, 0) is 59.8 Å². The van der Waals surface area contributed by atoms with Gasteiger partial charge in [-0.3, -0.25) is 4.98 Å². The second kappa shape index (κ2) is 7.76. The number of aromatic nitrogens is 1. The van der Waals surface area contributed by atoms with Crippen molar-refractivity contribution in [3.8, 4) is 22.6 Å². The second-order valence-electron chi connectivity index (χ2n) is 7.18. The van der Waals surface area contributed by atoms with Gasteiger partial charge >= 0.3 is 6.09 Å². The van der Waals surface area contributed by atoms with Crippen LogP contribution < -0.4 is 9.57 Å². The van der Waals surface area contributed by atoms with Crippen molar-refractivity contribution >= 4 is 22.0 Å². The highest BCUT2D eigenvalue weighted by molar-refractivity contribution is 9.10. The van der Waals surface area contributed by atoms with Crippen LogP contribution >= 0.6 is 15.9 Å². The quantitative estimate of drug-likeness (QED) is 0.613. The molecule has 2 aromatic rings. The van der Waals surface area contributed by atoms with Crippen LogP contribution in [0.25, 0.3) is 11.1 Å². The van der Waals surface area contributed by atoms with Crippen molar-refractivity contribution in [3.05, 3.63) is 40.6 Å². The highest BCUT2D eigenvalue weighted by Crippen LogP contribution is 2.46. The lowest BCUT2D eigenvalue weighted by Crippen LogP contribution is -2.41. The van der Waals surface area contributed by atoms with Crippen LogP contribution in [0.15, 0.2) is 35.1 Å². The van der Waals surface area contributed by atoms with Crippen LogP contribution in [0.1, 0.15) is 45.8 Å². The number of hydrogen-bond acceptors (Lipinski definition) is 4. The third-order valence-corrected chi connectivity index (χ3v) is 5.14. The third-order valence-electron chi connectivity index (χ3n) is 4.52. The summed E-state index contributed by atoms with van der Waals surface area (Å²) >= 11 is 3.50. The summed E-state index contributed by atoms with van der Waals surface area (Å²) in [5.74, 6) is 1.41. The maximum absolute atomic E-state index is 11.7. The summed E-state index contributed by atoms with van der Waals surface area (Å²) in [4.78, 5) is 21.6. The Morgan fingerprint density at radius 1 is 1.37 bits per heavy atom. The van der Waals surface area contributed by atoms with Crippen LogP contribution in [0.2, 0.25) is 0 Å². The van der Waals surface area contributed by atoms with Crippen LogP contribution in [0.5, 0.6) is 11.5 Å². The average Bonchev–Trinajstić information content (AvgIpc) is 2.60. The molecule has 0 bridgehead atoms. The van der Waals surface area contributed by atoms with E-state index in [1.54, 1.807) is 18.5 Å². The van der Waals surface area contributed by atoms with Gasteiger partial charge < -0.3 is 14.7 Å². The number of carbonyl (C=O) groups is 1. The van der Waals surface area contributed by atoms with Crippen LogP contribution in [0, 0.1) is 5.92 Å². The van der Waals surface area contributed by atoms with Gasteiger partial charge in [-0.2, -0.15) is 0 Å². The molecule has 1 unspecified atom stereocenters. The minimum atomic E-state index is -1.13. The van der Waals surface area contributed by atoms with Crippen molar-refractivity contribution in [3.63, 3.8) is 0 Å². The van der Waals surface area contributed by atoms with E-state index in [1.165, 1.54) is 0 Å². The molecular weight excluding hydrogens is 412 g/mol. The van der Waals surface area contributed by atoms with Gasteiger partial charge in [0.25, 0.3) is 0 Å². The Hall–Kier alpha value is -2.28. The first-order valence-corrected chi connectivity index (χ1v) is 9.71. The average molecular weight is 435 g/mol. The van der Waals surface area contributed by atoms with Crippen molar-refractivity contribution in [1.82, 2.24) is 10.0 Å². The Morgan fingerprint density at radius 2 is 2.11 bits per heavy atom. The number of carboxylic acid groups (broad SMARTS) is 1. The normalized spacial score (nSPS) is 16.1. The molecule has 0 saturated carbocycles. The summed E-state index contributed by atoms with van der Waals surface area (Å²) in [5.41, 5.74) is 2.99. The molecule has 0 fully saturated rings. The molecule has 1 aromatic heterocycles. The summed E-state index contributed by atoms with van der Waals surface area (Å²) in [7, 11) is 0. The standard InChI is InChI=1S/C20H23BrN2O4/c1-11(2)7-12(3)23(20(24)25)27-19-9-18-15(8-17(19)21)14-5-6-22-10-16(14)13(4)26-18/h5-6,8-13H,7H2,1-4H3,(H,24,25)/t12-,13?/m0/s1. The molecule has 1 aliphatic heterocycles. The van der Waals surface area contributed by atoms with E-state index < -0.39 is 6.09 Å². The first-order valence-electron chi connectivity index (χ1n) is 8.92. The molecule has 0 saturated heterocycles. The molecule has 6 nitrogen and oxygen atoms in total. The fourth-order valence-corrected chi connectivity index (χ4v) is 3.76. The maximum atomic E-state index is 11.7. The van der Waals surface area contributed by atoms with Crippen LogP contribution in [-0.4, -0.2) is 27.3 Å².